The summed E-state index contributed by atoms with van der Waals surface area (Å²) < 4.78 is 26.5. The van der Waals surface area contributed by atoms with Crippen molar-refractivity contribution in [2.45, 2.75) is 37.0 Å². The molecule has 0 spiro atoms. The van der Waals surface area contributed by atoms with Crippen LogP contribution in [0.4, 0.5) is 8.78 Å². The van der Waals surface area contributed by atoms with Gasteiger partial charge < -0.3 is 5.73 Å². The first-order chi connectivity index (χ1) is 8.51. The number of nitrogens with zero attached hydrogens (tertiary/aromatic N) is 1. The molecule has 0 amide bonds. The number of benzene rings is 1. The largest absolute Gasteiger partial charge is 0.330 e. The van der Waals surface area contributed by atoms with Crippen molar-refractivity contribution < 1.29 is 8.78 Å². The van der Waals surface area contributed by atoms with E-state index in [2.05, 4.69) is 0 Å². The van der Waals surface area contributed by atoms with Crippen molar-refractivity contribution in [3.05, 3.63) is 35.4 Å². The summed E-state index contributed by atoms with van der Waals surface area (Å²) in [6, 6.07) is 9.18. The summed E-state index contributed by atoms with van der Waals surface area (Å²) in [5.74, 6) is -2.55. The standard InChI is InChI=1S/C14H16F2N2/c15-14(16)7-5-13(10-18,6-8-14)12-3-1-11(9-17)2-4-12/h1-4H,5-8,10,18H2. The smallest absolute Gasteiger partial charge is 0.248 e. The molecule has 2 rings (SSSR count). The number of hydrogen-bond donors (Lipinski definition) is 1. The zero-order chi connectivity index (χ0) is 13.2. The Bertz CT molecular complexity index is 450. The van der Waals surface area contributed by atoms with Gasteiger partial charge in [0.15, 0.2) is 0 Å². The Kier molecular flexibility index (Phi) is 3.36. The van der Waals surface area contributed by atoms with Crippen molar-refractivity contribution >= 4 is 0 Å². The Morgan fingerprint density at radius 1 is 1.11 bits per heavy atom. The molecule has 1 aromatic rings. The van der Waals surface area contributed by atoms with Crippen LogP contribution in [-0.2, 0) is 5.41 Å². The topological polar surface area (TPSA) is 49.8 Å². The van der Waals surface area contributed by atoms with Crippen molar-refractivity contribution in [2.24, 2.45) is 5.73 Å². The van der Waals surface area contributed by atoms with Crippen LogP contribution in [0.15, 0.2) is 24.3 Å². The average Bonchev–Trinajstić information content (AvgIpc) is 2.40. The van der Waals surface area contributed by atoms with Crippen molar-refractivity contribution in [2.75, 3.05) is 6.54 Å². The van der Waals surface area contributed by atoms with Crippen LogP contribution in [0.3, 0.4) is 0 Å². The molecule has 0 radical (unpaired) electrons. The Labute approximate surface area is 105 Å². The molecule has 0 atom stereocenters. The van der Waals surface area contributed by atoms with E-state index in [-0.39, 0.29) is 18.3 Å². The quantitative estimate of drug-likeness (QED) is 0.877. The molecule has 1 saturated carbocycles. The van der Waals surface area contributed by atoms with E-state index in [4.69, 9.17) is 11.0 Å². The molecule has 1 aromatic carbocycles. The molecular weight excluding hydrogens is 234 g/mol. The third-order valence-corrected chi connectivity index (χ3v) is 3.96. The molecule has 1 aliphatic carbocycles. The van der Waals surface area contributed by atoms with Crippen LogP contribution in [0.2, 0.25) is 0 Å². The Hall–Kier alpha value is -1.47. The highest BCUT2D eigenvalue weighted by atomic mass is 19.3. The van der Waals surface area contributed by atoms with E-state index in [9.17, 15) is 8.78 Å². The first-order valence-corrected chi connectivity index (χ1v) is 6.10. The first kappa shape index (κ1) is 13.0. The van der Waals surface area contributed by atoms with Gasteiger partial charge in [0.1, 0.15) is 0 Å². The predicted molar refractivity (Wildman–Crippen MR) is 65.3 cm³/mol. The SMILES string of the molecule is N#Cc1ccc(C2(CN)CCC(F)(F)CC2)cc1. The lowest BCUT2D eigenvalue weighted by Crippen LogP contribution is -2.42. The van der Waals surface area contributed by atoms with Gasteiger partial charge in [-0.1, -0.05) is 12.1 Å². The van der Waals surface area contributed by atoms with E-state index in [1.54, 1.807) is 12.1 Å². The highest BCUT2D eigenvalue weighted by Crippen LogP contribution is 2.44. The number of halogens is 2. The van der Waals surface area contributed by atoms with Crippen molar-refractivity contribution in [3.63, 3.8) is 0 Å². The molecule has 2 nitrogen and oxygen atoms in total. The second kappa shape index (κ2) is 4.66. The Balaban J connectivity index is 2.25. The number of nitrogens with two attached hydrogens (primary N) is 1. The fourth-order valence-electron chi connectivity index (χ4n) is 2.60. The Morgan fingerprint density at radius 2 is 1.67 bits per heavy atom. The molecule has 0 bridgehead atoms. The highest BCUT2D eigenvalue weighted by Gasteiger charge is 2.43. The number of hydrogen-bond acceptors (Lipinski definition) is 2. The summed E-state index contributed by atoms with van der Waals surface area (Å²) in [5.41, 5.74) is 7.02. The van der Waals surface area contributed by atoms with Crippen LogP contribution in [0.25, 0.3) is 0 Å². The van der Waals surface area contributed by atoms with Gasteiger partial charge in [-0.2, -0.15) is 5.26 Å². The van der Waals surface area contributed by atoms with Gasteiger partial charge in [-0.05, 0) is 30.5 Å². The summed E-state index contributed by atoms with van der Waals surface area (Å²) in [4.78, 5) is 0. The molecule has 0 aliphatic heterocycles. The van der Waals surface area contributed by atoms with Gasteiger partial charge >= 0.3 is 0 Å². The monoisotopic (exact) mass is 250 g/mol. The molecule has 2 N–H and O–H groups in total. The molecule has 1 aliphatic rings. The van der Waals surface area contributed by atoms with Crippen LogP contribution in [0, 0.1) is 11.3 Å². The molecule has 4 heteroatoms. The molecule has 96 valence electrons. The van der Waals surface area contributed by atoms with Gasteiger partial charge in [-0.3, -0.25) is 0 Å². The predicted octanol–water partition coefficient (Wildman–Crippen LogP) is 2.96. The lowest BCUT2D eigenvalue weighted by Gasteiger charge is -2.39. The molecule has 0 unspecified atom stereocenters. The zero-order valence-corrected chi connectivity index (χ0v) is 10.1. The van der Waals surface area contributed by atoms with E-state index < -0.39 is 5.92 Å². The van der Waals surface area contributed by atoms with E-state index in [1.165, 1.54) is 0 Å². The summed E-state index contributed by atoms with van der Waals surface area (Å²) in [6.07, 6.45) is 0.596. The molecule has 18 heavy (non-hydrogen) atoms. The van der Waals surface area contributed by atoms with E-state index in [0.717, 1.165) is 5.56 Å². The average molecular weight is 250 g/mol. The number of alkyl halides is 2. The van der Waals surface area contributed by atoms with Crippen LogP contribution in [-0.4, -0.2) is 12.5 Å². The maximum Gasteiger partial charge on any atom is 0.248 e. The van der Waals surface area contributed by atoms with Crippen LogP contribution < -0.4 is 5.73 Å². The van der Waals surface area contributed by atoms with E-state index >= 15 is 0 Å². The summed E-state index contributed by atoms with van der Waals surface area (Å²) in [7, 11) is 0. The third kappa shape index (κ3) is 2.37. The normalized spacial score (nSPS) is 21.2. The van der Waals surface area contributed by atoms with Crippen molar-refractivity contribution in [1.29, 1.82) is 5.26 Å². The highest BCUT2D eigenvalue weighted by molar-refractivity contribution is 5.35. The van der Waals surface area contributed by atoms with Gasteiger partial charge in [-0.25, -0.2) is 8.78 Å². The maximum absolute atomic E-state index is 13.2. The van der Waals surface area contributed by atoms with Gasteiger partial charge in [0.05, 0.1) is 11.6 Å². The number of nitriles is 1. The molecule has 0 saturated heterocycles. The zero-order valence-electron chi connectivity index (χ0n) is 10.1. The van der Waals surface area contributed by atoms with Gasteiger partial charge in [0.25, 0.3) is 0 Å². The fourth-order valence-corrected chi connectivity index (χ4v) is 2.60. The van der Waals surface area contributed by atoms with Crippen LogP contribution >= 0.6 is 0 Å². The van der Waals surface area contributed by atoms with Crippen LogP contribution in [0.1, 0.15) is 36.8 Å². The van der Waals surface area contributed by atoms with E-state index in [0.29, 0.717) is 24.9 Å². The van der Waals surface area contributed by atoms with E-state index in [1.807, 2.05) is 18.2 Å². The minimum atomic E-state index is -2.55. The second-order valence-corrected chi connectivity index (χ2v) is 5.03. The summed E-state index contributed by atoms with van der Waals surface area (Å²) in [5, 5.41) is 8.75. The lowest BCUT2D eigenvalue weighted by atomic mass is 9.68. The minimum absolute atomic E-state index is 0.107. The maximum atomic E-state index is 13.2. The summed E-state index contributed by atoms with van der Waals surface area (Å²) in [6.45, 7) is 0.370. The minimum Gasteiger partial charge on any atom is -0.330 e. The van der Waals surface area contributed by atoms with Crippen molar-refractivity contribution in [3.8, 4) is 6.07 Å². The molecule has 0 aromatic heterocycles. The third-order valence-electron chi connectivity index (χ3n) is 3.96. The van der Waals surface area contributed by atoms with Crippen molar-refractivity contribution in [1.82, 2.24) is 0 Å². The molecule has 1 fully saturated rings. The fraction of sp³-hybridized carbons (Fsp3) is 0.500. The van der Waals surface area contributed by atoms with Gasteiger partial charge in [0.2, 0.25) is 5.92 Å². The molecule has 0 heterocycles. The van der Waals surface area contributed by atoms with Crippen LogP contribution in [0.5, 0.6) is 0 Å². The number of rotatable bonds is 2. The van der Waals surface area contributed by atoms with Gasteiger partial charge in [0, 0.05) is 24.8 Å². The lowest BCUT2D eigenvalue weighted by molar-refractivity contribution is -0.0509. The Morgan fingerprint density at radius 3 is 2.11 bits per heavy atom. The summed E-state index contributed by atoms with van der Waals surface area (Å²) >= 11 is 0. The first-order valence-electron chi connectivity index (χ1n) is 6.10. The van der Waals surface area contributed by atoms with Gasteiger partial charge in [-0.15, -0.1) is 0 Å². The second-order valence-electron chi connectivity index (χ2n) is 5.03. The molecular formula is C14H16F2N2.